The summed E-state index contributed by atoms with van der Waals surface area (Å²) in [6.45, 7) is 4.61. The van der Waals surface area contributed by atoms with Gasteiger partial charge in [-0.15, -0.1) is 0 Å². The molecule has 0 saturated carbocycles. The van der Waals surface area contributed by atoms with Crippen LogP contribution in [-0.4, -0.2) is 9.52 Å². The van der Waals surface area contributed by atoms with E-state index in [4.69, 9.17) is 0 Å². The molecule has 62 heavy (non-hydrogen) atoms. The first-order chi connectivity index (χ1) is 30.7. The van der Waals surface area contributed by atoms with Crippen molar-refractivity contribution in [1.29, 1.82) is 0 Å². The third-order valence-electron chi connectivity index (χ3n) is 13.8. The second-order valence-electron chi connectivity index (χ2n) is 17.3. The molecule has 11 rings (SSSR count). The second-order valence-corrected chi connectivity index (χ2v) is 28.5. The predicted octanol–water partition coefficient (Wildman–Crippen LogP) is 12.9. The number of hydrogen-bond acceptors (Lipinski definition) is 0. The molecule has 1 heterocycles. The van der Waals surface area contributed by atoms with Gasteiger partial charge in [0.1, 0.15) is 0 Å². The quantitative estimate of drug-likeness (QED) is 0.113. The topological polar surface area (TPSA) is 0 Å². The zero-order valence-electron chi connectivity index (χ0n) is 35.7. The molecule has 8 aromatic rings. The van der Waals surface area contributed by atoms with Crippen molar-refractivity contribution in [2.75, 3.05) is 0 Å². The molecule has 0 spiro atoms. The summed E-state index contributed by atoms with van der Waals surface area (Å²) < 4.78 is 2.38. The molecular weight excluding hydrogens is 927 g/mol. The Kier molecular flexibility index (Phi) is 10.7. The molecule has 0 N–H and O–H groups in total. The molecule has 299 valence electrons. The first-order valence-corrected chi connectivity index (χ1v) is 30.1. The first-order valence-electron chi connectivity index (χ1n) is 22.8. The molecule has 2 unspecified atom stereocenters. The van der Waals surface area contributed by atoms with E-state index in [1.807, 2.05) is 0 Å². The van der Waals surface area contributed by atoms with Gasteiger partial charge in [-0.05, 0) is 0 Å². The first kappa shape index (κ1) is 39.2. The summed E-state index contributed by atoms with van der Waals surface area (Å²) in [5, 5.41) is 3.31. The fraction of sp³-hybridized carbons (Fsp3) is 0.133. The average molecular weight is 979 g/mol. The maximum absolute atomic E-state index is 3.41. The number of benzene rings is 8. The van der Waals surface area contributed by atoms with E-state index in [0.717, 1.165) is 25.7 Å². The molecule has 0 nitrogen and oxygen atoms in total. The Balaban J connectivity index is 1.21. The van der Waals surface area contributed by atoms with Gasteiger partial charge in [0.25, 0.3) is 0 Å². The van der Waals surface area contributed by atoms with Crippen LogP contribution in [0.1, 0.15) is 78.5 Å². The Bertz CT molecular complexity index is 2870. The fourth-order valence-corrected chi connectivity index (χ4v) is 30.3. The van der Waals surface area contributed by atoms with Crippen molar-refractivity contribution in [2.45, 2.75) is 46.9 Å². The summed E-state index contributed by atoms with van der Waals surface area (Å²) >= 11 is -3.41. The molecule has 8 aromatic carbocycles. The van der Waals surface area contributed by atoms with Crippen LogP contribution >= 0.6 is 0 Å². The summed E-state index contributed by atoms with van der Waals surface area (Å²) in [6.07, 6.45) is 9.71. The minimum absolute atomic E-state index is 0.319. The molecule has 0 bridgehead atoms. The molecule has 2 atom stereocenters. The molecule has 2 aliphatic carbocycles. The van der Waals surface area contributed by atoms with Gasteiger partial charge in [0, 0.05) is 0 Å². The van der Waals surface area contributed by atoms with Gasteiger partial charge in [-0.2, -0.15) is 0 Å². The minimum atomic E-state index is -3.41. The number of aryl methyl sites for hydroxylation is 2. The monoisotopic (exact) mass is 979 g/mol. The zero-order valence-corrected chi connectivity index (χ0v) is 40.7. The van der Waals surface area contributed by atoms with Gasteiger partial charge in [0.2, 0.25) is 0 Å². The van der Waals surface area contributed by atoms with Crippen molar-refractivity contribution in [3.05, 3.63) is 233 Å². The van der Waals surface area contributed by atoms with E-state index in [-0.39, 0.29) is 0 Å². The van der Waals surface area contributed by atoms with Crippen molar-refractivity contribution < 1.29 is 21.4 Å². The van der Waals surface area contributed by atoms with Crippen LogP contribution in [0.25, 0.3) is 56.7 Å². The molecule has 0 fully saturated rings. The Morgan fingerprint density at radius 1 is 0.403 bits per heavy atom. The van der Waals surface area contributed by atoms with E-state index in [0.29, 0.717) is 7.35 Å². The van der Waals surface area contributed by atoms with Crippen LogP contribution in [0.2, 0.25) is 0 Å². The normalized spacial score (nSPS) is 16.0. The van der Waals surface area contributed by atoms with Crippen LogP contribution in [-0.2, 0) is 34.3 Å². The van der Waals surface area contributed by atoms with Gasteiger partial charge >= 0.3 is 381 Å². The van der Waals surface area contributed by atoms with Crippen LogP contribution in [0.5, 0.6) is 0 Å². The predicted molar refractivity (Wildman–Crippen MR) is 265 cm³/mol. The zero-order chi connectivity index (χ0) is 41.6. The molecule has 0 amide bonds. The van der Waals surface area contributed by atoms with Crippen LogP contribution in [0, 0.1) is 0 Å². The van der Waals surface area contributed by atoms with Gasteiger partial charge in [0.15, 0.2) is 0 Å². The number of fused-ring (bicyclic) bond motifs is 5. The van der Waals surface area contributed by atoms with Crippen LogP contribution in [0.15, 0.2) is 188 Å². The van der Waals surface area contributed by atoms with Gasteiger partial charge in [-0.25, -0.2) is 0 Å². The van der Waals surface area contributed by atoms with E-state index >= 15 is 0 Å². The summed E-state index contributed by atoms with van der Waals surface area (Å²) in [5.41, 5.74) is 23.1. The van der Waals surface area contributed by atoms with Crippen LogP contribution in [0.4, 0.5) is 0 Å². The van der Waals surface area contributed by atoms with Crippen molar-refractivity contribution in [1.82, 2.24) is 0 Å². The Morgan fingerprint density at radius 3 is 1.37 bits per heavy atom. The van der Waals surface area contributed by atoms with E-state index in [2.05, 4.69) is 214 Å². The fourth-order valence-electron chi connectivity index (χ4n) is 11.2. The molecule has 0 aromatic heterocycles. The van der Waals surface area contributed by atoms with E-state index in [9.17, 15) is 0 Å². The Labute approximate surface area is 378 Å². The summed E-state index contributed by atoms with van der Waals surface area (Å²) in [7, 11) is -0.704. The maximum atomic E-state index is 2.65. The summed E-state index contributed by atoms with van der Waals surface area (Å²) in [5.74, 6) is 0. The van der Waals surface area contributed by atoms with E-state index in [1.54, 1.807) is 13.7 Å². The van der Waals surface area contributed by atoms with Gasteiger partial charge in [-0.1, -0.05) is 0 Å². The van der Waals surface area contributed by atoms with Gasteiger partial charge in [0.05, 0.1) is 0 Å². The van der Waals surface area contributed by atoms with Crippen molar-refractivity contribution in [3.63, 3.8) is 0 Å². The standard InChI is InChI=1S/2C24H21.C12H9Si.Hf/c2*1-2-9-19-12-6-7-14-22(19)23-15-8-13-20-16-21(17-24(20)23)18-10-4-3-5-11-18;1-3-7-11-9(5-1)10-6-2-4-8-12(10)13-11;/h2*3-8,10-17H,2,9H2,1H3;1-7H,13H2;. The van der Waals surface area contributed by atoms with E-state index < -0.39 is 31.0 Å². The van der Waals surface area contributed by atoms with E-state index in [1.165, 1.54) is 89.0 Å². The number of hydrogen-bond donors (Lipinski definition) is 0. The Morgan fingerprint density at radius 2 is 0.839 bits per heavy atom. The van der Waals surface area contributed by atoms with Gasteiger partial charge in [-0.3, -0.25) is 0 Å². The number of allylic oxidation sites excluding steroid dienone is 2. The third-order valence-corrected chi connectivity index (χ3v) is 30.0. The molecule has 0 radical (unpaired) electrons. The average Bonchev–Trinajstić information content (AvgIpc) is 4.03. The molecule has 0 saturated heterocycles. The van der Waals surface area contributed by atoms with Crippen molar-refractivity contribution >= 4 is 46.5 Å². The SMILES string of the molecule is CCCc1ccccc1-c1cccc2c1C=C(c1ccccc1)[CH]2[Hf]([c]1cccc2c1[SiH2]c1ccccc1-2)[CH]1C(c2ccccc2)=Cc2c(-c3ccccc3CCC)cccc21. The van der Waals surface area contributed by atoms with Crippen molar-refractivity contribution in [3.8, 4) is 33.4 Å². The second kappa shape index (κ2) is 16.9. The Hall–Kier alpha value is -5.67. The van der Waals surface area contributed by atoms with Crippen LogP contribution in [0.3, 0.4) is 0 Å². The number of rotatable bonds is 11. The van der Waals surface area contributed by atoms with Crippen molar-refractivity contribution in [2.24, 2.45) is 0 Å². The third kappa shape index (κ3) is 6.75. The summed E-state index contributed by atoms with van der Waals surface area (Å²) in [4.78, 5) is 0. The molecule has 3 aliphatic rings. The van der Waals surface area contributed by atoms with Gasteiger partial charge < -0.3 is 0 Å². The molecule has 1 aliphatic heterocycles. The molecular formula is C60H51HfSi. The van der Waals surface area contributed by atoms with Crippen LogP contribution < -0.4 is 13.7 Å². The molecule has 2 heteroatoms. The summed E-state index contributed by atoms with van der Waals surface area (Å²) in [6, 6.07) is 72.8.